The third kappa shape index (κ3) is 3.69. The van der Waals surface area contributed by atoms with E-state index in [0.29, 0.717) is 6.54 Å². The summed E-state index contributed by atoms with van der Waals surface area (Å²) in [5, 5.41) is 0. The second kappa shape index (κ2) is 7.31. The monoisotopic (exact) mass is 368 g/mol. The van der Waals surface area contributed by atoms with Gasteiger partial charge in [-0.2, -0.15) is 0 Å². The maximum Gasteiger partial charge on any atom is 0.230 e. The van der Waals surface area contributed by atoms with Crippen LogP contribution in [0.1, 0.15) is 24.0 Å². The lowest BCUT2D eigenvalue weighted by molar-refractivity contribution is -0.136. The molecule has 0 radical (unpaired) electrons. The van der Waals surface area contributed by atoms with Crippen LogP contribution in [0.3, 0.4) is 0 Å². The van der Waals surface area contributed by atoms with Gasteiger partial charge in [0.25, 0.3) is 0 Å². The number of methoxy groups -OCH3 is 1. The number of halogens is 1. The van der Waals surface area contributed by atoms with E-state index in [1.165, 1.54) is 12.1 Å². The van der Waals surface area contributed by atoms with E-state index in [0.717, 1.165) is 55.9 Å². The van der Waals surface area contributed by atoms with Crippen LogP contribution < -0.4 is 4.74 Å². The van der Waals surface area contributed by atoms with Crippen molar-refractivity contribution < 1.29 is 13.9 Å². The molecular weight excluding hydrogens is 343 g/mol. The summed E-state index contributed by atoms with van der Waals surface area (Å²) < 4.78 is 18.4. The highest BCUT2D eigenvalue weighted by molar-refractivity contribution is 5.85. The summed E-state index contributed by atoms with van der Waals surface area (Å²) in [6.45, 7) is 3.91. The molecule has 2 aliphatic heterocycles. The summed E-state index contributed by atoms with van der Waals surface area (Å²) in [6.07, 6.45) is 1.82. The van der Waals surface area contributed by atoms with Crippen molar-refractivity contribution in [2.75, 3.05) is 26.7 Å². The number of likely N-dealkylation sites (tertiary alicyclic amines) is 2. The zero-order valence-electron chi connectivity index (χ0n) is 15.7. The fraction of sp³-hybridized carbons (Fsp3) is 0.409. The first-order valence-electron chi connectivity index (χ1n) is 9.47. The molecule has 5 heteroatoms. The normalized spacial score (nSPS) is 22.7. The van der Waals surface area contributed by atoms with Crippen LogP contribution in [0, 0.1) is 11.2 Å². The van der Waals surface area contributed by atoms with Crippen molar-refractivity contribution in [3.8, 4) is 5.75 Å². The van der Waals surface area contributed by atoms with Crippen LogP contribution in [0.2, 0.25) is 0 Å². The number of carbonyl (C=O) groups is 1. The molecule has 2 saturated heterocycles. The van der Waals surface area contributed by atoms with E-state index in [-0.39, 0.29) is 17.1 Å². The van der Waals surface area contributed by atoms with Gasteiger partial charge in [0, 0.05) is 26.2 Å². The summed E-state index contributed by atoms with van der Waals surface area (Å²) in [4.78, 5) is 17.5. The molecule has 0 N–H and O–H groups in total. The van der Waals surface area contributed by atoms with E-state index in [9.17, 15) is 9.18 Å². The Bertz CT molecular complexity index is 823. The first kappa shape index (κ1) is 18.0. The van der Waals surface area contributed by atoms with Gasteiger partial charge in [-0.15, -0.1) is 0 Å². The van der Waals surface area contributed by atoms with Crippen LogP contribution in [0.5, 0.6) is 5.75 Å². The predicted octanol–water partition coefficient (Wildman–Crippen LogP) is 3.46. The largest absolute Gasteiger partial charge is 0.497 e. The molecule has 2 aromatic rings. The molecule has 142 valence electrons. The molecule has 27 heavy (non-hydrogen) atoms. The summed E-state index contributed by atoms with van der Waals surface area (Å²) in [7, 11) is 1.66. The second-order valence-corrected chi connectivity index (χ2v) is 7.70. The quantitative estimate of drug-likeness (QED) is 0.810. The van der Waals surface area contributed by atoms with Gasteiger partial charge in [-0.1, -0.05) is 24.3 Å². The van der Waals surface area contributed by atoms with Crippen LogP contribution in [0.4, 0.5) is 4.39 Å². The number of benzene rings is 2. The van der Waals surface area contributed by atoms with E-state index in [2.05, 4.69) is 4.90 Å². The number of hydrogen-bond donors (Lipinski definition) is 0. The van der Waals surface area contributed by atoms with Crippen LogP contribution in [-0.2, 0) is 17.9 Å². The maximum absolute atomic E-state index is 13.1. The Labute approximate surface area is 159 Å². The molecular formula is C22H25FN2O2. The number of hydrogen-bond acceptors (Lipinski definition) is 3. The SMILES string of the molecule is COc1cccc(CN2CC[C@]3(CCN(Cc4ccc(F)cc4)C3)C2=O)c1. The van der Waals surface area contributed by atoms with Gasteiger partial charge < -0.3 is 9.64 Å². The van der Waals surface area contributed by atoms with Gasteiger partial charge in [0.1, 0.15) is 11.6 Å². The van der Waals surface area contributed by atoms with Crippen molar-refractivity contribution in [3.63, 3.8) is 0 Å². The lowest BCUT2D eigenvalue weighted by atomic mass is 9.85. The van der Waals surface area contributed by atoms with Crippen LogP contribution in [0.25, 0.3) is 0 Å². The summed E-state index contributed by atoms with van der Waals surface area (Å²) in [6, 6.07) is 14.6. The molecule has 2 aromatic carbocycles. The first-order chi connectivity index (χ1) is 13.1. The van der Waals surface area contributed by atoms with Gasteiger partial charge >= 0.3 is 0 Å². The average molecular weight is 368 g/mol. The molecule has 2 aliphatic rings. The summed E-state index contributed by atoms with van der Waals surface area (Å²) in [5.41, 5.74) is 1.94. The molecule has 1 amide bonds. The predicted molar refractivity (Wildman–Crippen MR) is 102 cm³/mol. The molecule has 1 atom stereocenters. The molecule has 0 saturated carbocycles. The van der Waals surface area contributed by atoms with Crippen molar-refractivity contribution in [1.29, 1.82) is 0 Å². The standard InChI is InChI=1S/C22H25FN2O2/c1-27-20-4-2-3-18(13-20)15-25-12-10-22(21(25)26)9-11-24(16-22)14-17-5-7-19(23)8-6-17/h2-8,13H,9-12,14-16H2,1H3/t22-/m0/s1. The maximum atomic E-state index is 13.1. The highest BCUT2D eigenvalue weighted by Gasteiger charge is 2.50. The molecule has 2 heterocycles. The Balaban J connectivity index is 1.39. The second-order valence-electron chi connectivity index (χ2n) is 7.70. The Morgan fingerprint density at radius 2 is 1.81 bits per heavy atom. The van der Waals surface area contributed by atoms with Crippen molar-refractivity contribution in [2.24, 2.45) is 5.41 Å². The van der Waals surface area contributed by atoms with Gasteiger partial charge in [-0.05, 0) is 54.8 Å². The van der Waals surface area contributed by atoms with Gasteiger partial charge in [0.15, 0.2) is 0 Å². The Morgan fingerprint density at radius 3 is 2.59 bits per heavy atom. The fourth-order valence-electron chi connectivity index (χ4n) is 4.35. The number of carbonyl (C=O) groups excluding carboxylic acids is 1. The van der Waals surface area contributed by atoms with Crippen molar-refractivity contribution in [3.05, 3.63) is 65.5 Å². The van der Waals surface area contributed by atoms with Crippen LogP contribution in [-0.4, -0.2) is 42.5 Å². The van der Waals surface area contributed by atoms with Crippen molar-refractivity contribution in [2.45, 2.75) is 25.9 Å². The Morgan fingerprint density at radius 1 is 1.04 bits per heavy atom. The molecule has 0 unspecified atom stereocenters. The fourth-order valence-corrected chi connectivity index (χ4v) is 4.35. The van der Waals surface area contributed by atoms with E-state index in [4.69, 9.17) is 4.74 Å². The van der Waals surface area contributed by atoms with Gasteiger partial charge in [0.2, 0.25) is 5.91 Å². The molecule has 0 aliphatic carbocycles. The highest BCUT2D eigenvalue weighted by Crippen LogP contribution is 2.41. The minimum absolute atomic E-state index is 0.212. The van der Waals surface area contributed by atoms with E-state index in [1.54, 1.807) is 7.11 Å². The molecule has 1 spiro atoms. The van der Waals surface area contributed by atoms with E-state index in [1.807, 2.05) is 41.3 Å². The minimum Gasteiger partial charge on any atom is -0.497 e. The van der Waals surface area contributed by atoms with Gasteiger partial charge in [0.05, 0.1) is 12.5 Å². The summed E-state index contributed by atoms with van der Waals surface area (Å²) in [5.74, 6) is 0.878. The highest BCUT2D eigenvalue weighted by atomic mass is 19.1. The van der Waals surface area contributed by atoms with Gasteiger partial charge in [-0.25, -0.2) is 4.39 Å². The zero-order valence-corrected chi connectivity index (χ0v) is 15.7. The first-order valence-corrected chi connectivity index (χ1v) is 9.47. The number of nitrogens with zero attached hydrogens (tertiary/aromatic N) is 2. The summed E-state index contributed by atoms with van der Waals surface area (Å²) >= 11 is 0. The molecule has 4 rings (SSSR count). The smallest absolute Gasteiger partial charge is 0.230 e. The topological polar surface area (TPSA) is 32.8 Å². The molecule has 0 aromatic heterocycles. The van der Waals surface area contributed by atoms with E-state index >= 15 is 0 Å². The Hall–Kier alpha value is -2.40. The lowest BCUT2D eigenvalue weighted by Crippen LogP contribution is -2.36. The van der Waals surface area contributed by atoms with Crippen LogP contribution >= 0.6 is 0 Å². The minimum atomic E-state index is -0.251. The zero-order chi connectivity index (χ0) is 18.9. The molecule has 2 fully saturated rings. The third-order valence-corrected chi connectivity index (χ3v) is 5.86. The van der Waals surface area contributed by atoms with Crippen molar-refractivity contribution in [1.82, 2.24) is 9.80 Å². The van der Waals surface area contributed by atoms with Crippen molar-refractivity contribution >= 4 is 5.91 Å². The average Bonchev–Trinajstić information content (AvgIpc) is 3.23. The molecule has 0 bridgehead atoms. The number of rotatable bonds is 5. The van der Waals surface area contributed by atoms with Gasteiger partial charge in [-0.3, -0.25) is 9.69 Å². The molecule has 4 nitrogen and oxygen atoms in total. The Kier molecular flexibility index (Phi) is 4.87. The lowest BCUT2D eigenvalue weighted by Gasteiger charge is -2.24. The van der Waals surface area contributed by atoms with E-state index < -0.39 is 0 Å². The third-order valence-electron chi connectivity index (χ3n) is 5.86. The number of ether oxygens (including phenoxy) is 1. The number of amides is 1. The van der Waals surface area contributed by atoms with Crippen LogP contribution in [0.15, 0.2) is 48.5 Å².